The second-order valence-electron chi connectivity index (χ2n) is 10.2. The Balaban J connectivity index is 1.53. The summed E-state index contributed by atoms with van der Waals surface area (Å²) in [6.45, 7) is 6.47. The zero-order valence-electron chi connectivity index (χ0n) is 20.9. The molecule has 7 nitrogen and oxygen atoms in total. The Morgan fingerprint density at radius 3 is 2.38 bits per heavy atom. The molecule has 1 N–H and O–H groups in total. The molecule has 37 heavy (non-hydrogen) atoms. The van der Waals surface area contributed by atoms with Crippen LogP contribution >= 0.6 is 0 Å². The van der Waals surface area contributed by atoms with Crippen molar-refractivity contribution in [2.45, 2.75) is 50.2 Å². The molecule has 3 heterocycles. The van der Waals surface area contributed by atoms with Crippen molar-refractivity contribution >= 4 is 29.9 Å². The van der Waals surface area contributed by atoms with E-state index in [1.54, 1.807) is 4.57 Å². The minimum Gasteiger partial charge on any atom is -0.403 e. The normalized spacial score (nSPS) is 22.3. The number of hydrogen-bond donors (Lipinski definition) is 1. The molecule has 5 rings (SSSR count). The number of aliphatic hydroxyl groups excluding tert-OH is 1. The van der Waals surface area contributed by atoms with Gasteiger partial charge in [0.25, 0.3) is 8.32 Å². The lowest BCUT2D eigenvalue weighted by Crippen LogP contribution is -2.68. The van der Waals surface area contributed by atoms with Gasteiger partial charge in [-0.1, -0.05) is 87.4 Å². The fraction of sp³-hybridized carbons (Fsp3) is 0.321. The van der Waals surface area contributed by atoms with Crippen molar-refractivity contribution in [3.05, 3.63) is 79.3 Å². The first-order chi connectivity index (χ1) is 17.7. The van der Waals surface area contributed by atoms with Crippen LogP contribution in [0.2, 0.25) is 5.04 Å². The quantitative estimate of drug-likeness (QED) is 0.242. The highest BCUT2D eigenvalue weighted by Crippen LogP contribution is 2.41. The van der Waals surface area contributed by atoms with E-state index in [1.165, 1.54) is 6.33 Å². The van der Waals surface area contributed by atoms with Gasteiger partial charge in [0.1, 0.15) is 24.0 Å². The number of fused-ring (bicyclic) bond motifs is 1. The van der Waals surface area contributed by atoms with Crippen molar-refractivity contribution in [1.29, 1.82) is 0 Å². The maximum atomic E-state index is 13.7. The van der Waals surface area contributed by atoms with Crippen LogP contribution in [0.3, 0.4) is 0 Å². The van der Waals surface area contributed by atoms with E-state index in [4.69, 9.17) is 15.6 Å². The van der Waals surface area contributed by atoms with Crippen molar-refractivity contribution in [2.75, 3.05) is 6.61 Å². The SMILES string of the molecule is C#C[C@]1(CO[Si](c2ccccc2)(c2ccccc2)C(C)(C)C)O[C@@H](n2cnc3[c]nc(F)nc32)C[C@@H]1O. The van der Waals surface area contributed by atoms with Crippen LogP contribution in [0.4, 0.5) is 4.39 Å². The van der Waals surface area contributed by atoms with Gasteiger partial charge in [-0.05, 0) is 15.4 Å². The molecule has 0 aliphatic carbocycles. The predicted molar refractivity (Wildman–Crippen MR) is 140 cm³/mol. The minimum atomic E-state index is -2.93. The fourth-order valence-electron chi connectivity index (χ4n) is 5.17. The summed E-state index contributed by atoms with van der Waals surface area (Å²) in [5.74, 6) is 2.68. The Labute approximate surface area is 216 Å². The lowest BCUT2D eigenvalue weighted by Gasteiger charge is -2.44. The summed E-state index contributed by atoms with van der Waals surface area (Å²) in [4.78, 5) is 11.4. The lowest BCUT2D eigenvalue weighted by molar-refractivity contribution is -0.0857. The highest BCUT2D eigenvalue weighted by atomic mass is 28.4. The number of ether oxygens (including phenoxy) is 1. The van der Waals surface area contributed by atoms with Gasteiger partial charge in [-0.2, -0.15) is 14.4 Å². The van der Waals surface area contributed by atoms with Gasteiger partial charge < -0.3 is 14.3 Å². The molecular formula is C28H28FN4O3Si. The highest BCUT2D eigenvalue weighted by molar-refractivity contribution is 6.99. The number of benzene rings is 2. The average Bonchev–Trinajstić information content (AvgIpc) is 3.45. The Kier molecular flexibility index (Phi) is 6.46. The maximum absolute atomic E-state index is 13.7. The van der Waals surface area contributed by atoms with E-state index in [9.17, 15) is 9.50 Å². The summed E-state index contributed by atoms with van der Waals surface area (Å²) >= 11 is 0. The maximum Gasteiger partial charge on any atom is 0.311 e. The van der Waals surface area contributed by atoms with Gasteiger partial charge in [0.05, 0.1) is 12.9 Å². The molecule has 1 aliphatic heterocycles. The first-order valence-corrected chi connectivity index (χ1v) is 14.0. The first-order valence-electron chi connectivity index (χ1n) is 12.1. The van der Waals surface area contributed by atoms with E-state index in [2.05, 4.69) is 72.1 Å². The van der Waals surface area contributed by atoms with Crippen molar-refractivity contribution in [3.63, 3.8) is 0 Å². The molecular weight excluding hydrogens is 487 g/mol. The van der Waals surface area contributed by atoms with E-state index in [0.29, 0.717) is 5.52 Å². The summed E-state index contributed by atoms with van der Waals surface area (Å²) in [6, 6.07) is 20.3. The second kappa shape index (κ2) is 9.47. The van der Waals surface area contributed by atoms with Crippen LogP contribution in [0, 0.1) is 24.6 Å². The van der Waals surface area contributed by atoms with E-state index < -0.39 is 32.3 Å². The van der Waals surface area contributed by atoms with E-state index >= 15 is 0 Å². The van der Waals surface area contributed by atoms with Crippen molar-refractivity contribution in [2.24, 2.45) is 0 Å². The zero-order valence-corrected chi connectivity index (χ0v) is 21.9. The number of imidazole rings is 1. The number of rotatable bonds is 6. The summed E-state index contributed by atoms with van der Waals surface area (Å²) in [7, 11) is -2.93. The van der Waals surface area contributed by atoms with Gasteiger partial charge in [-0.3, -0.25) is 4.57 Å². The van der Waals surface area contributed by atoms with Crippen molar-refractivity contribution in [3.8, 4) is 12.3 Å². The number of halogens is 1. The van der Waals surface area contributed by atoms with Gasteiger partial charge in [0, 0.05) is 6.42 Å². The van der Waals surface area contributed by atoms with Crippen LogP contribution in [0.15, 0.2) is 67.0 Å². The smallest absolute Gasteiger partial charge is 0.311 e. The summed E-state index contributed by atoms with van der Waals surface area (Å²) < 4.78 is 28.6. The molecule has 1 radical (unpaired) electrons. The van der Waals surface area contributed by atoms with Gasteiger partial charge in [-0.25, -0.2) is 4.98 Å². The zero-order chi connectivity index (χ0) is 26.3. The molecule has 4 aromatic rings. The molecule has 0 saturated carbocycles. The molecule has 0 spiro atoms. The van der Waals surface area contributed by atoms with Crippen LogP contribution in [-0.4, -0.2) is 51.3 Å². The lowest BCUT2D eigenvalue weighted by atomic mass is 9.99. The fourth-order valence-corrected chi connectivity index (χ4v) is 9.75. The molecule has 0 amide bonds. The van der Waals surface area contributed by atoms with Crippen LogP contribution in [0.1, 0.15) is 33.4 Å². The number of nitrogens with zero attached hydrogens (tertiary/aromatic N) is 4. The topological polar surface area (TPSA) is 82.3 Å². The second-order valence-corrected chi connectivity index (χ2v) is 14.5. The monoisotopic (exact) mass is 515 g/mol. The van der Waals surface area contributed by atoms with Gasteiger partial charge >= 0.3 is 6.08 Å². The van der Waals surface area contributed by atoms with Crippen LogP contribution in [-0.2, 0) is 9.16 Å². The highest BCUT2D eigenvalue weighted by Gasteiger charge is 2.54. The summed E-state index contributed by atoms with van der Waals surface area (Å²) in [6.07, 6.45) is 7.46. The predicted octanol–water partition coefficient (Wildman–Crippen LogP) is 2.99. The Morgan fingerprint density at radius 2 is 1.81 bits per heavy atom. The van der Waals surface area contributed by atoms with E-state index in [-0.39, 0.29) is 23.7 Å². The first kappa shape index (κ1) is 25.2. The molecule has 3 atom stereocenters. The van der Waals surface area contributed by atoms with Crippen LogP contribution in [0.25, 0.3) is 11.2 Å². The molecule has 2 aromatic heterocycles. The van der Waals surface area contributed by atoms with Gasteiger partial charge in [-0.15, -0.1) is 6.42 Å². The molecule has 189 valence electrons. The Morgan fingerprint density at radius 1 is 1.19 bits per heavy atom. The van der Waals surface area contributed by atoms with Crippen molar-refractivity contribution in [1.82, 2.24) is 19.5 Å². The molecule has 1 fully saturated rings. The average molecular weight is 516 g/mol. The third-order valence-corrected chi connectivity index (χ3v) is 12.0. The summed E-state index contributed by atoms with van der Waals surface area (Å²) in [5.41, 5.74) is -0.921. The molecule has 1 saturated heterocycles. The molecule has 0 bridgehead atoms. The number of aromatic nitrogens is 4. The molecule has 9 heteroatoms. The van der Waals surface area contributed by atoms with Gasteiger partial charge in [0.2, 0.25) is 0 Å². The number of hydrogen-bond acceptors (Lipinski definition) is 6. The molecule has 2 aromatic carbocycles. The van der Waals surface area contributed by atoms with Crippen molar-refractivity contribution < 1.29 is 18.7 Å². The van der Waals surface area contributed by atoms with E-state index in [1.807, 2.05) is 36.4 Å². The minimum absolute atomic E-state index is 0.0312. The Bertz CT molecular complexity index is 1400. The third-order valence-electron chi connectivity index (χ3n) is 7.00. The van der Waals surface area contributed by atoms with Crippen LogP contribution < -0.4 is 10.4 Å². The number of terminal acetylenes is 1. The largest absolute Gasteiger partial charge is 0.403 e. The third kappa shape index (κ3) is 4.26. The van der Waals surface area contributed by atoms with Gasteiger partial charge in [0.15, 0.2) is 11.2 Å². The van der Waals surface area contributed by atoms with E-state index in [0.717, 1.165) is 10.4 Å². The van der Waals surface area contributed by atoms with Crippen LogP contribution in [0.5, 0.6) is 0 Å². The number of aliphatic hydroxyl groups is 1. The molecule has 1 aliphatic rings. The Hall–Kier alpha value is -3.42. The summed E-state index contributed by atoms with van der Waals surface area (Å²) in [5, 5.41) is 13.1. The molecule has 0 unspecified atom stereocenters. The standard InChI is InChI=1S/C28H28FN4O3Si/c1-5-28(23(34)16-24(36-28)33-19-31-22-17-30-26(29)32-25(22)33)18-35-37(27(2,3)4,20-12-8-6-9-13-20)21-14-10-7-11-15-21/h1,6-15,19,23-24,34H,16,18H2,2-4H3/t23-,24+,28+/m0/s1.